The van der Waals surface area contributed by atoms with Crippen LogP contribution in [0.15, 0.2) is 72.8 Å². The Hall–Kier alpha value is -3.58. The highest BCUT2D eigenvalue weighted by Crippen LogP contribution is 2.22. The standard InChI is InChI=1S/C25H23NO3/c1-3-18(2)17-28-23-12-14-24(15-13-23)29-25(27)22-10-8-21(9-11-22)20-6-4-19(16-26)5-7-20/h4-15,18H,3,17H2,1-2H3. The highest BCUT2D eigenvalue weighted by atomic mass is 16.5. The van der Waals surface area contributed by atoms with Gasteiger partial charge in [-0.25, -0.2) is 4.79 Å². The van der Waals surface area contributed by atoms with Gasteiger partial charge in [0.2, 0.25) is 0 Å². The van der Waals surface area contributed by atoms with Gasteiger partial charge in [-0.05, 0) is 65.6 Å². The molecule has 4 nitrogen and oxygen atoms in total. The summed E-state index contributed by atoms with van der Waals surface area (Å²) in [7, 11) is 0. The molecule has 3 aromatic rings. The van der Waals surface area contributed by atoms with E-state index in [2.05, 4.69) is 19.9 Å². The second-order valence-electron chi connectivity index (χ2n) is 6.95. The predicted octanol–water partition coefficient (Wildman–Crippen LogP) is 5.87. The molecule has 146 valence electrons. The van der Waals surface area contributed by atoms with Crippen LogP contribution >= 0.6 is 0 Å². The summed E-state index contributed by atoms with van der Waals surface area (Å²) in [5, 5.41) is 8.88. The smallest absolute Gasteiger partial charge is 0.343 e. The van der Waals surface area contributed by atoms with E-state index in [0.29, 0.717) is 29.4 Å². The fourth-order valence-corrected chi connectivity index (χ4v) is 2.66. The molecule has 29 heavy (non-hydrogen) atoms. The van der Waals surface area contributed by atoms with Crippen LogP contribution in [0.2, 0.25) is 0 Å². The summed E-state index contributed by atoms with van der Waals surface area (Å²) in [6.45, 7) is 4.94. The first-order chi connectivity index (χ1) is 14.1. The molecular weight excluding hydrogens is 362 g/mol. The number of nitriles is 1. The molecule has 0 amide bonds. The molecule has 0 bridgehead atoms. The fourth-order valence-electron chi connectivity index (χ4n) is 2.66. The third kappa shape index (κ3) is 5.46. The second kappa shape index (κ2) is 9.57. The molecule has 0 aliphatic rings. The van der Waals surface area contributed by atoms with Gasteiger partial charge < -0.3 is 9.47 Å². The van der Waals surface area contributed by atoms with Gasteiger partial charge in [0, 0.05) is 0 Å². The van der Waals surface area contributed by atoms with Crippen molar-refractivity contribution in [2.75, 3.05) is 6.61 Å². The second-order valence-corrected chi connectivity index (χ2v) is 6.95. The maximum Gasteiger partial charge on any atom is 0.343 e. The van der Waals surface area contributed by atoms with Crippen LogP contribution in [-0.4, -0.2) is 12.6 Å². The van der Waals surface area contributed by atoms with Gasteiger partial charge in [-0.3, -0.25) is 0 Å². The van der Waals surface area contributed by atoms with Gasteiger partial charge in [-0.2, -0.15) is 5.26 Å². The lowest BCUT2D eigenvalue weighted by Crippen LogP contribution is -2.09. The SMILES string of the molecule is CCC(C)COc1ccc(OC(=O)c2ccc(-c3ccc(C#N)cc3)cc2)cc1. The van der Waals surface area contributed by atoms with Gasteiger partial charge in [0.15, 0.2) is 0 Å². The average molecular weight is 385 g/mol. The van der Waals surface area contributed by atoms with Gasteiger partial charge in [0.1, 0.15) is 11.5 Å². The molecule has 0 aliphatic carbocycles. The Bertz CT molecular complexity index is 984. The Morgan fingerprint density at radius 1 is 0.897 bits per heavy atom. The Balaban J connectivity index is 1.61. The van der Waals surface area contributed by atoms with Crippen LogP contribution in [-0.2, 0) is 0 Å². The summed E-state index contributed by atoms with van der Waals surface area (Å²) in [6, 6.07) is 23.7. The van der Waals surface area contributed by atoms with Crippen LogP contribution in [0.25, 0.3) is 11.1 Å². The third-order valence-corrected chi connectivity index (χ3v) is 4.73. The van der Waals surface area contributed by atoms with E-state index in [1.54, 1.807) is 48.5 Å². The van der Waals surface area contributed by atoms with Gasteiger partial charge in [-0.1, -0.05) is 44.5 Å². The molecule has 0 radical (unpaired) electrons. The van der Waals surface area contributed by atoms with E-state index in [0.717, 1.165) is 23.3 Å². The lowest BCUT2D eigenvalue weighted by atomic mass is 10.0. The molecular formula is C25H23NO3. The van der Waals surface area contributed by atoms with Gasteiger partial charge in [-0.15, -0.1) is 0 Å². The average Bonchev–Trinajstić information content (AvgIpc) is 2.78. The maximum atomic E-state index is 12.4. The summed E-state index contributed by atoms with van der Waals surface area (Å²) < 4.78 is 11.2. The highest BCUT2D eigenvalue weighted by molar-refractivity contribution is 5.91. The molecule has 3 rings (SSSR count). The normalized spacial score (nSPS) is 11.3. The molecule has 3 aromatic carbocycles. The Morgan fingerprint density at radius 2 is 1.45 bits per heavy atom. The van der Waals surface area contributed by atoms with Crippen LogP contribution in [0.5, 0.6) is 11.5 Å². The number of carbonyl (C=O) groups excluding carboxylic acids is 1. The van der Waals surface area contributed by atoms with E-state index < -0.39 is 5.97 Å². The van der Waals surface area contributed by atoms with Crippen molar-refractivity contribution in [2.24, 2.45) is 5.92 Å². The maximum absolute atomic E-state index is 12.4. The topological polar surface area (TPSA) is 59.3 Å². The third-order valence-electron chi connectivity index (χ3n) is 4.73. The van der Waals surface area contributed by atoms with E-state index in [9.17, 15) is 4.79 Å². The summed E-state index contributed by atoms with van der Waals surface area (Å²) in [6.07, 6.45) is 1.07. The lowest BCUT2D eigenvalue weighted by Gasteiger charge is -2.11. The number of nitrogens with zero attached hydrogens (tertiary/aromatic N) is 1. The molecule has 0 N–H and O–H groups in total. The summed E-state index contributed by atoms with van der Waals surface area (Å²) >= 11 is 0. The highest BCUT2D eigenvalue weighted by Gasteiger charge is 2.09. The molecule has 0 aromatic heterocycles. The molecule has 0 spiro atoms. The van der Waals surface area contributed by atoms with Crippen LogP contribution in [0.4, 0.5) is 0 Å². The van der Waals surface area contributed by atoms with E-state index in [4.69, 9.17) is 14.7 Å². The molecule has 0 fully saturated rings. The van der Waals surface area contributed by atoms with E-state index >= 15 is 0 Å². The van der Waals surface area contributed by atoms with Crippen molar-refractivity contribution >= 4 is 5.97 Å². The molecule has 0 saturated carbocycles. The first-order valence-corrected chi connectivity index (χ1v) is 9.64. The zero-order valence-corrected chi connectivity index (χ0v) is 16.6. The minimum Gasteiger partial charge on any atom is -0.493 e. The summed E-state index contributed by atoms with van der Waals surface area (Å²) in [4.78, 5) is 12.4. The fraction of sp³-hybridized carbons (Fsp3) is 0.200. The molecule has 4 heteroatoms. The quantitative estimate of drug-likeness (QED) is 0.377. The Morgan fingerprint density at radius 3 is 2.00 bits per heavy atom. The number of esters is 1. The van der Waals surface area contributed by atoms with Crippen molar-refractivity contribution in [1.29, 1.82) is 5.26 Å². The van der Waals surface area contributed by atoms with Crippen LogP contribution in [0, 0.1) is 17.2 Å². The number of hydrogen-bond donors (Lipinski definition) is 0. The largest absolute Gasteiger partial charge is 0.493 e. The number of benzene rings is 3. The molecule has 0 heterocycles. The Labute approximate surface area is 171 Å². The van der Waals surface area contributed by atoms with Crippen molar-refractivity contribution in [1.82, 2.24) is 0 Å². The van der Waals surface area contributed by atoms with Gasteiger partial charge >= 0.3 is 5.97 Å². The van der Waals surface area contributed by atoms with Crippen molar-refractivity contribution in [3.8, 4) is 28.7 Å². The predicted molar refractivity (Wildman–Crippen MR) is 113 cm³/mol. The van der Waals surface area contributed by atoms with Crippen LogP contribution < -0.4 is 9.47 Å². The zero-order valence-electron chi connectivity index (χ0n) is 16.6. The van der Waals surface area contributed by atoms with E-state index in [-0.39, 0.29) is 0 Å². The van der Waals surface area contributed by atoms with Gasteiger partial charge in [0.25, 0.3) is 0 Å². The van der Waals surface area contributed by atoms with Crippen molar-refractivity contribution in [3.63, 3.8) is 0 Å². The number of ether oxygens (including phenoxy) is 2. The number of carbonyl (C=O) groups is 1. The molecule has 1 unspecified atom stereocenters. The molecule has 0 aliphatic heterocycles. The van der Waals surface area contributed by atoms with Crippen LogP contribution in [0.1, 0.15) is 36.2 Å². The minimum absolute atomic E-state index is 0.412. The van der Waals surface area contributed by atoms with Gasteiger partial charge in [0.05, 0.1) is 23.8 Å². The van der Waals surface area contributed by atoms with Crippen molar-refractivity contribution in [3.05, 3.63) is 83.9 Å². The summed E-state index contributed by atoms with van der Waals surface area (Å²) in [5.74, 6) is 1.32. The monoisotopic (exact) mass is 385 g/mol. The number of rotatable bonds is 7. The zero-order chi connectivity index (χ0) is 20.6. The first-order valence-electron chi connectivity index (χ1n) is 9.64. The summed E-state index contributed by atoms with van der Waals surface area (Å²) in [5.41, 5.74) is 3.04. The Kier molecular flexibility index (Phi) is 6.65. The van der Waals surface area contributed by atoms with E-state index in [1.807, 2.05) is 24.3 Å². The first kappa shape index (κ1) is 20.2. The lowest BCUT2D eigenvalue weighted by molar-refractivity contribution is 0.0734. The minimum atomic E-state index is -0.412. The van der Waals surface area contributed by atoms with Crippen molar-refractivity contribution < 1.29 is 14.3 Å². The molecule has 1 atom stereocenters. The van der Waals surface area contributed by atoms with Crippen molar-refractivity contribution in [2.45, 2.75) is 20.3 Å². The van der Waals surface area contributed by atoms with Crippen LogP contribution in [0.3, 0.4) is 0 Å². The number of hydrogen-bond acceptors (Lipinski definition) is 4. The molecule has 0 saturated heterocycles. The van der Waals surface area contributed by atoms with E-state index in [1.165, 1.54) is 0 Å².